The quantitative estimate of drug-likeness (QED) is 0.619. The van der Waals surface area contributed by atoms with Gasteiger partial charge in [-0.1, -0.05) is 28.8 Å². The van der Waals surface area contributed by atoms with Crippen molar-refractivity contribution in [3.05, 3.63) is 33.3 Å². The molecule has 20 heavy (non-hydrogen) atoms. The fourth-order valence-corrected chi connectivity index (χ4v) is 2.58. The van der Waals surface area contributed by atoms with Crippen LogP contribution in [-0.2, 0) is 9.59 Å². The molecule has 106 valence electrons. The topological polar surface area (TPSA) is 46.6 Å². The molecule has 4 nitrogen and oxygen atoms in total. The van der Waals surface area contributed by atoms with E-state index >= 15 is 0 Å². The maximum atomic E-state index is 12.3. The van der Waals surface area contributed by atoms with Crippen molar-refractivity contribution in [3.63, 3.8) is 0 Å². The molecule has 1 saturated heterocycles. The third kappa shape index (κ3) is 2.41. The van der Waals surface area contributed by atoms with Gasteiger partial charge in [0.1, 0.15) is 5.75 Å². The number of hydrogen-bond donors (Lipinski definition) is 0. The summed E-state index contributed by atoms with van der Waals surface area (Å²) in [4.78, 5) is 25.5. The largest absolute Gasteiger partial charge is 0.495 e. The molecule has 0 saturated carbocycles. The van der Waals surface area contributed by atoms with Crippen LogP contribution in [0.15, 0.2) is 23.3 Å². The number of benzene rings is 1. The Bertz CT molecular complexity index is 634. The summed E-state index contributed by atoms with van der Waals surface area (Å²) in [6, 6.07) is 2.95. The Morgan fingerprint density at radius 2 is 1.85 bits per heavy atom. The number of ether oxygens (including phenoxy) is 1. The van der Waals surface area contributed by atoms with Crippen LogP contribution in [0.25, 0.3) is 0 Å². The molecule has 0 atom stereocenters. The number of imide groups is 1. The van der Waals surface area contributed by atoms with Crippen molar-refractivity contribution in [1.82, 2.24) is 0 Å². The lowest BCUT2D eigenvalue weighted by Crippen LogP contribution is -2.29. The second kappa shape index (κ2) is 5.46. The molecule has 0 unspecified atom stereocenters. The first-order valence-electron chi connectivity index (χ1n) is 5.93. The molecule has 1 aromatic rings. The molecule has 1 aliphatic heterocycles. The van der Waals surface area contributed by atoms with Crippen LogP contribution in [0.2, 0.25) is 10.0 Å². The van der Waals surface area contributed by atoms with Gasteiger partial charge in [0.15, 0.2) is 0 Å². The predicted molar refractivity (Wildman–Crippen MR) is 78.5 cm³/mol. The Balaban J connectivity index is 2.55. The van der Waals surface area contributed by atoms with Crippen molar-refractivity contribution >= 4 is 40.7 Å². The number of methoxy groups -OCH3 is 1. The van der Waals surface area contributed by atoms with E-state index in [9.17, 15) is 9.59 Å². The molecule has 0 aliphatic carbocycles. The maximum absolute atomic E-state index is 12.3. The molecular formula is C14H13Cl2NO3. The summed E-state index contributed by atoms with van der Waals surface area (Å²) < 4.78 is 5.09. The molecule has 6 heteroatoms. The number of halogens is 2. The van der Waals surface area contributed by atoms with Crippen molar-refractivity contribution in [1.29, 1.82) is 0 Å². The minimum atomic E-state index is -0.346. The van der Waals surface area contributed by atoms with E-state index in [1.165, 1.54) is 19.2 Å². The van der Waals surface area contributed by atoms with E-state index in [1.807, 2.05) is 0 Å². The molecule has 0 radical (unpaired) electrons. The molecule has 0 spiro atoms. The summed E-state index contributed by atoms with van der Waals surface area (Å²) in [7, 11) is 1.45. The van der Waals surface area contributed by atoms with Gasteiger partial charge < -0.3 is 4.74 Å². The Morgan fingerprint density at radius 1 is 1.20 bits per heavy atom. The molecule has 2 amide bonds. The lowest BCUT2D eigenvalue weighted by Gasteiger charge is -2.17. The average Bonchev–Trinajstić information content (AvgIpc) is 2.66. The molecule has 0 bridgehead atoms. The maximum Gasteiger partial charge on any atom is 0.261 e. The summed E-state index contributed by atoms with van der Waals surface area (Å²) >= 11 is 12.0. The summed E-state index contributed by atoms with van der Waals surface area (Å²) in [6.45, 7) is 3.60. The zero-order valence-corrected chi connectivity index (χ0v) is 12.8. The summed E-state index contributed by atoms with van der Waals surface area (Å²) in [5, 5.41) is 0.551. The first-order valence-corrected chi connectivity index (χ1v) is 6.69. The van der Waals surface area contributed by atoms with E-state index in [0.717, 1.165) is 10.5 Å². The van der Waals surface area contributed by atoms with Gasteiger partial charge in [-0.2, -0.15) is 0 Å². The van der Waals surface area contributed by atoms with Gasteiger partial charge in [-0.15, -0.1) is 0 Å². The van der Waals surface area contributed by atoms with Crippen LogP contribution in [0.1, 0.15) is 20.3 Å². The molecule has 2 rings (SSSR count). The Morgan fingerprint density at radius 3 is 2.35 bits per heavy atom. The molecule has 1 heterocycles. The standard InChI is InChI=1S/C14H13Cl2NO3/c1-7(2)8-4-13(18)17(14(8)19)11-6-12(20-3)10(16)5-9(11)15/h5-6H,4H2,1-3H3. The van der Waals surface area contributed by atoms with Gasteiger partial charge in [-0.25, -0.2) is 4.90 Å². The summed E-state index contributed by atoms with van der Waals surface area (Å²) in [5.74, 6) is -0.295. The van der Waals surface area contributed by atoms with Crippen molar-refractivity contribution in [2.75, 3.05) is 12.0 Å². The van der Waals surface area contributed by atoms with E-state index in [4.69, 9.17) is 27.9 Å². The Labute approximate surface area is 126 Å². The van der Waals surface area contributed by atoms with Gasteiger partial charge in [0.2, 0.25) is 5.91 Å². The van der Waals surface area contributed by atoms with E-state index in [1.54, 1.807) is 13.8 Å². The van der Waals surface area contributed by atoms with Crippen LogP contribution in [-0.4, -0.2) is 18.9 Å². The molecular weight excluding hydrogens is 301 g/mol. The van der Waals surface area contributed by atoms with E-state index in [-0.39, 0.29) is 23.3 Å². The first kappa shape index (κ1) is 14.9. The van der Waals surface area contributed by atoms with Crippen molar-refractivity contribution in [3.8, 4) is 5.75 Å². The number of nitrogens with zero attached hydrogens (tertiary/aromatic N) is 1. The van der Waals surface area contributed by atoms with Gasteiger partial charge in [-0.3, -0.25) is 9.59 Å². The molecule has 1 fully saturated rings. The zero-order chi connectivity index (χ0) is 15.0. The smallest absolute Gasteiger partial charge is 0.261 e. The van der Waals surface area contributed by atoms with Crippen LogP contribution >= 0.6 is 23.2 Å². The van der Waals surface area contributed by atoms with E-state index in [0.29, 0.717) is 22.0 Å². The number of hydrogen-bond acceptors (Lipinski definition) is 3. The number of amides is 2. The highest BCUT2D eigenvalue weighted by Crippen LogP contribution is 2.39. The van der Waals surface area contributed by atoms with Gasteiger partial charge in [0.25, 0.3) is 5.91 Å². The minimum absolute atomic E-state index is 0.0858. The van der Waals surface area contributed by atoms with E-state index < -0.39 is 0 Å². The van der Waals surface area contributed by atoms with Gasteiger partial charge in [0, 0.05) is 11.6 Å². The highest BCUT2D eigenvalue weighted by atomic mass is 35.5. The molecule has 0 aromatic heterocycles. The Hall–Kier alpha value is -1.52. The fraction of sp³-hybridized carbons (Fsp3) is 0.286. The SMILES string of the molecule is COc1cc(N2C(=O)CC(=C(C)C)C2=O)c(Cl)cc1Cl. The summed E-state index contributed by atoms with van der Waals surface area (Å²) in [5.41, 5.74) is 1.61. The highest BCUT2D eigenvalue weighted by molar-refractivity contribution is 6.39. The fourth-order valence-electron chi connectivity index (χ4n) is 2.03. The van der Waals surface area contributed by atoms with Gasteiger partial charge in [-0.05, 0) is 19.9 Å². The van der Waals surface area contributed by atoms with Gasteiger partial charge in [0.05, 0.1) is 29.3 Å². The van der Waals surface area contributed by atoms with Crippen molar-refractivity contribution < 1.29 is 14.3 Å². The number of carbonyl (C=O) groups is 2. The number of rotatable bonds is 2. The van der Waals surface area contributed by atoms with Crippen molar-refractivity contribution in [2.24, 2.45) is 0 Å². The number of allylic oxidation sites excluding steroid dienone is 1. The highest BCUT2D eigenvalue weighted by Gasteiger charge is 2.37. The minimum Gasteiger partial charge on any atom is -0.495 e. The third-order valence-corrected chi connectivity index (χ3v) is 3.70. The second-order valence-corrected chi connectivity index (χ2v) is 5.44. The molecule has 1 aliphatic rings. The third-order valence-electron chi connectivity index (χ3n) is 3.10. The normalized spacial score (nSPS) is 15.1. The molecule has 1 aromatic carbocycles. The second-order valence-electron chi connectivity index (χ2n) is 4.63. The lowest BCUT2D eigenvalue weighted by atomic mass is 10.1. The number of carbonyl (C=O) groups excluding carboxylic acids is 2. The monoisotopic (exact) mass is 313 g/mol. The zero-order valence-electron chi connectivity index (χ0n) is 11.3. The first-order chi connectivity index (χ1) is 9.36. The van der Waals surface area contributed by atoms with Crippen molar-refractivity contribution in [2.45, 2.75) is 20.3 Å². The predicted octanol–water partition coefficient (Wildman–Crippen LogP) is 3.60. The van der Waals surface area contributed by atoms with Crippen LogP contribution in [0.5, 0.6) is 5.75 Å². The van der Waals surface area contributed by atoms with Crippen LogP contribution in [0, 0.1) is 0 Å². The van der Waals surface area contributed by atoms with E-state index in [2.05, 4.69) is 0 Å². The average molecular weight is 314 g/mol. The number of anilines is 1. The van der Waals surface area contributed by atoms with Crippen LogP contribution < -0.4 is 9.64 Å². The molecule has 0 N–H and O–H groups in total. The summed E-state index contributed by atoms with van der Waals surface area (Å²) in [6.07, 6.45) is 0.0858. The Kier molecular flexibility index (Phi) is 4.06. The van der Waals surface area contributed by atoms with Crippen LogP contribution in [0.3, 0.4) is 0 Å². The van der Waals surface area contributed by atoms with Gasteiger partial charge >= 0.3 is 0 Å². The lowest BCUT2D eigenvalue weighted by molar-refractivity contribution is -0.120. The van der Waals surface area contributed by atoms with Crippen LogP contribution in [0.4, 0.5) is 5.69 Å².